The van der Waals surface area contributed by atoms with E-state index in [4.69, 9.17) is 9.72 Å². The molecule has 0 saturated carbocycles. The Morgan fingerprint density at radius 1 is 1.11 bits per heavy atom. The highest BCUT2D eigenvalue weighted by Gasteiger charge is 2.31. The fourth-order valence-electron chi connectivity index (χ4n) is 5.24. The first-order valence-corrected chi connectivity index (χ1v) is 12.0. The van der Waals surface area contributed by atoms with Gasteiger partial charge in [0.1, 0.15) is 5.69 Å². The summed E-state index contributed by atoms with van der Waals surface area (Å²) in [5, 5.41) is 3.04. The first-order valence-electron chi connectivity index (χ1n) is 12.0. The molecule has 5 rings (SSSR count). The van der Waals surface area contributed by atoms with E-state index in [-0.39, 0.29) is 11.7 Å². The van der Waals surface area contributed by atoms with Crippen LogP contribution in [0.4, 0.5) is 5.69 Å². The van der Waals surface area contributed by atoms with Gasteiger partial charge in [-0.1, -0.05) is 12.2 Å². The van der Waals surface area contributed by atoms with Gasteiger partial charge in [0.2, 0.25) is 5.88 Å². The summed E-state index contributed by atoms with van der Waals surface area (Å²) in [5.41, 5.74) is 9.40. The molecule has 0 radical (unpaired) electrons. The van der Waals surface area contributed by atoms with E-state index in [0.29, 0.717) is 17.3 Å². The molecule has 1 N–H and O–H groups in total. The van der Waals surface area contributed by atoms with E-state index in [1.165, 1.54) is 41.0 Å². The summed E-state index contributed by atoms with van der Waals surface area (Å²) in [6.07, 6.45) is 10.5. The number of ketones is 1. The molecule has 3 aliphatic rings. The molecule has 3 heterocycles. The number of carbonyl (C=O) groups excluding carboxylic acids is 2. The summed E-state index contributed by atoms with van der Waals surface area (Å²) in [5.74, 6) is 0.154. The monoisotopic (exact) mass is 468 g/mol. The summed E-state index contributed by atoms with van der Waals surface area (Å²) in [7, 11) is 1.52. The predicted octanol–water partition coefficient (Wildman–Crippen LogP) is 4.70. The molecule has 0 unspecified atom stereocenters. The fraction of sp³-hybridized carbons (Fsp3) is 0.321. The van der Waals surface area contributed by atoms with Gasteiger partial charge >= 0.3 is 0 Å². The molecule has 35 heavy (non-hydrogen) atoms. The zero-order valence-electron chi connectivity index (χ0n) is 20.1. The number of hydrogen-bond acceptors (Lipinski definition) is 6. The Balaban J connectivity index is 1.59. The van der Waals surface area contributed by atoms with E-state index in [2.05, 4.69) is 27.9 Å². The third kappa shape index (κ3) is 4.22. The quantitative estimate of drug-likeness (QED) is 0.507. The lowest BCUT2D eigenvalue weighted by Crippen LogP contribution is -2.32. The minimum Gasteiger partial charge on any atom is -0.479 e. The van der Waals surface area contributed by atoms with Crippen LogP contribution in [0.1, 0.15) is 50.2 Å². The number of aryl methyl sites for hydroxylation is 1. The highest BCUT2D eigenvalue weighted by atomic mass is 16.5. The Kier molecular flexibility index (Phi) is 6.16. The topological polar surface area (TPSA) is 93.5 Å². The summed E-state index contributed by atoms with van der Waals surface area (Å²) in [4.78, 5) is 38.3. The van der Waals surface area contributed by atoms with Crippen LogP contribution in [0.2, 0.25) is 0 Å². The molecule has 1 amide bonds. The fourth-order valence-corrected chi connectivity index (χ4v) is 5.24. The minimum atomic E-state index is -0.252. The molecule has 7 heteroatoms. The van der Waals surface area contributed by atoms with Crippen LogP contribution in [0.3, 0.4) is 0 Å². The number of aliphatic imine (C=N–C) groups is 1. The molecule has 2 aliphatic carbocycles. The zero-order valence-corrected chi connectivity index (χ0v) is 20.1. The van der Waals surface area contributed by atoms with E-state index in [0.717, 1.165) is 61.9 Å². The van der Waals surface area contributed by atoms with Crippen LogP contribution in [0.5, 0.6) is 5.88 Å². The minimum absolute atomic E-state index is 0.0738. The van der Waals surface area contributed by atoms with Gasteiger partial charge in [0.15, 0.2) is 5.78 Å². The van der Waals surface area contributed by atoms with Gasteiger partial charge in [0, 0.05) is 30.1 Å². The second kappa shape index (κ2) is 9.41. The maximum Gasteiger partial charge on any atom is 0.251 e. The van der Waals surface area contributed by atoms with Crippen molar-refractivity contribution < 1.29 is 14.3 Å². The third-order valence-corrected chi connectivity index (χ3v) is 6.97. The van der Waals surface area contributed by atoms with E-state index in [1.807, 2.05) is 12.3 Å². The molecule has 2 aromatic rings. The molecular formula is C28H28N4O3. The Hall–Kier alpha value is -3.87. The van der Waals surface area contributed by atoms with Gasteiger partial charge < -0.3 is 10.1 Å². The van der Waals surface area contributed by atoms with Crippen molar-refractivity contribution in [1.29, 1.82) is 0 Å². The number of fused-ring (bicyclic) bond motifs is 3. The van der Waals surface area contributed by atoms with Crippen LogP contribution in [-0.2, 0) is 16.0 Å². The molecule has 0 saturated heterocycles. The molecule has 0 fully saturated rings. The van der Waals surface area contributed by atoms with Gasteiger partial charge in [-0.15, -0.1) is 0 Å². The molecule has 178 valence electrons. The number of amides is 1. The highest BCUT2D eigenvalue weighted by molar-refractivity contribution is 6.43. The van der Waals surface area contributed by atoms with E-state index < -0.39 is 0 Å². The summed E-state index contributed by atoms with van der Waals surface area (Å²) in [6, 6.07) is 3.94. The molecule has 0 atom stereocenters. The SMILES string of the molecule is C=CC(=O)C(C)=Nc1cc(-c2cc3c(cn2)CCC2=C3CCCC3=C2C(=O)NCC3)cnc1OC. The number of aromatic nitrogens is 2. The standard InChI is InChI=1S/C28H28N4O3/c1-4-25(33)16(2)32-24-12-19(15-31-28(24)35-3)23-13-22-18(14-30-23)8-9-21-20(22)7-5-6-17-10-11-29-27(34)26(17)21/h4,12-15H,1,5-11H2,2-3H3,(H,29,34). The Morgan fingerprint density at radius 3 is 2.77 bits per heavy atom. The van der Waals surface area contributed by atoms with Crippen molar-refractivity contribution in [2.24, 2.45) is 4.99 Å². The number of carbonyl (C=O) groups is 2. The zero-order chi connectivity index (χ0) is 24.5. The van der Waals surface area contributed by atoms with Crippen LogP contribution in [0, 0.1) is 0 Å². The maximum absolute atomic E-state index is 12.8. The number of ether oxygens (including phenoxy) is 1. The molecule has 7 nitrogen and oxygen atoms in total. The van der Waals surface area contributed by atoms with Crippen LogP contribution < -0.4 is 10.1 Å². The number of methoxy groups -OCH3 is 1. The van der Waals surface area contributed by atoms with Gasteiger partial charge in [0.25, 0.3) is 5.91 Å². The Morgan fingerprint density at radius 2 is 1.97 bits per heavy atom. The van der Waals surface area contributed by atoms with Crippen molar-refractivity contribution in [2.75, 3.05) is 13.7 Å². The first kappa shape index (κ1) is 22.9. The maximum atomic E-state index is 12.8. The van der Waals surface area contributed by atoms with Crippen LogP contribution >= 0.6 is 0 Å². The summed E-state index contributed by atoms with van der Waals surface area (Å²) >= 11 is 0. The van der Waals surface area contributed by atoms with Crippen LogP contribution in [-0.4, -0.2) is 41.0 Å². The molecule has 1 aliphatic heterocycles. The van der Waals surface area contributed by atoms with E-state index in [1.54, 1.807) is 13.1 Å². The first-order chi connectivity index (χ1) is 17.0. The molecule has 0 spiro atoms. The van der Waals surface area contributed by atoms with Crippen molar-refractivity contribution in [3.05, 3.63) is 65.0 Å². The van der Waals surface area contributed by atoms with Gasteiger partial charge in [-0.25, -0.2) is 9.98 Å². The smallest absolute Gasteiger partial charge is 0.251 e. The lowest BCUT2D eigenvalue weighted by Gasteiger charge is -2.26. The molecule has 0 aromatic carbocycles. The molecule has 0 bridgehead atoms. The summed E-state index contributed by atoms with van der Waals surface area (Å²) in [6.45, 7) is 5.89. The number of nitrogens with zero attached hydrogens (tertiary/aromatic N) is 3. The van der Waals surface area contributed by atoms with Gasteiger partial charge in [-0.05, 0) is 85.9 Å². The molecular weight excluding hydrogens is 440 g/mol. The number of allylic oxidation sites excluding steroid dienone is 2. The lowest BCUT2D eigenvalue weighted by atomic mass is 9.80. The van der Waals surface area contributed by atoms with E-state index >= 15 is 0 Å². The van der Waals surface area contributed by atoms with Crippen LogP contribution in [0.25, 0.3) is 16.8 Å². The normalized spacial score (nSPS) is 17.7. The summed E-state index contributed by atoms with van der Waals surface area (Å²) < 4.78 is 5.36. The van der Waals surface area contributed by atoms with Crippen molar-refractivity contribution in [2.45, 2.75) is 45.4 Å². The third-order valence-electron chi connectivity index (χ3n) is 6.97. The number of pyridine rings is 2. The van der Waals surface area contributed by atoms with Crippen molar-refractivity contribution in [3.63, 3.8) is 0 Å². The van der Waals surface area contributed by atoms with Gasteiger partial charge in [0.05, 0.1) is 18.5 Å². The van der Waals surface area contributed by atoms with E-state index in [9.17, 15) is 9.59 Å². The number of hydrogen-bond donors (Lipinski definition) is 1. The van der Waals surface area contributed by atoms with Gasteiger partial charge in [-0.2, -0.15) is 0 Å². The second-order valence-electron chi connectivity index (χ2n) is 9.04. The Bertz CT molecular complexity index is 1350. The molecule has 2 aromatic heterocycles. The number of rotatable bonds is 5. The highest BCUT2D eigenvalue weighted by Crippen LogP contribution is 2.43. The van der Waals surface area contributed by atoms with Crippen molar-refractivity contribution in [3.8, 4) is 17.1 Å². The average Bonchev–Trinajstić information content (AvgIpc) is 3.08. The number of nitrogens with one attached hydrogen (secondary N) is 1. The van der Waals surface area contributed by atoms with Crippen molar-refractivity contribution >= 4 is 28.7 Å². The average molecular weight is 469 g/mol. The van der Waals surface area contributed by atoms with Crippen molar-refractivity contribution in [1.82, 2.24) is 15.3 Å². The van der Waals surface area contributed by atoms with Gasteiger partial charge in [-0.3, -0.25) is 14.6 Å². The van der Waals surface area contributed by atoms with Crippen LogP contribution in [0.15, 0.2) is 58.9 Å². The lowest BCUT2D eigenvalue weighted by molar-refractivity contribution is -0.117. The second-order valence-corrected chi connectivity index (χ2v) is 9.04. The predicted molar refractivity (Wildman–Crippen MR) is 136 cm³/mol. The largest absolute Gasteiger partial charge is 0.479 e. The Labute approximate surface area is 204 Å².